The fourth-order valence-corrected chi connectivity index (χ4v) is 3.35. The largest absolute Gasteiger partial charge is 0.491 e. The number of ether oxygens (including phenoxy) is 2. The van der Waals surface area contributed by atoms with Crippen LogP contribution >= 0.6 is 0 Å². The Morgan fingerprint density at radius 2 is 2.08 bits per heavy atom. The lowest BCUT2D eigenvalue weighted by Crippen LogP contribution is -2.55. The number of para-hydroxylation sites is 1. The summed E-state index contributed by atoms with van der Waals surface area (Å²) >= 11 is 0. The fraction of sp³-hybridized carbons (Fsp3) is 0.412. The monoisotopic (exact) mass is 367 g/mol. The minimum Gasteiger partial charge on any atom is -0.491 e. The molecule has 2 unspecified atom stereocenters. The highest BCUT2D eigenvalue weighted by Crippen LogP contribution is 2.38. The Kier molecular flexibility index (Phi) is 4.10. The van der Waals surface area contributed by atoms with E-state index in [9.17, 15) is 18.0 Å². The van der Waals surface area contributed by atoms with Crippen LogP contribution in [0.4, 0.5) is 13.2 Å². The van der Waals surface area contributed by atoms with Crippen LogP contribution in [0.25, 0.3) is 0 Å². The van der Waals surface area contributed by atoms with Gasteiger partial charge < -0.3 is 14.4 Å². The SMILES string of the molecule is O=C(Cn1ccc(C(F)(F)F)n1)N1CCOC2c3ccccc3OCC21. The summed E-state index contributed by atoms with van der Waals surface area (Å²) in [5, 5.41) is 3.44. The zero-order chi connectivity index (χ0) is 18.3. The summed E-state index contributed by atoms with van der Waals surface area (Å²) in [6, 6.07) is 8.01. The third-order valence-corrected chi connectivity index (χ3v) is 4.56. The second-order valence-electron chi connectivity index (χ2n) is 6.19. The van der Waals surface area contributed by atoms with Gasteiger partial charge in [-0.3, -0.25) is 9.48 Å². The molecule has 3 heterocycles. The molecule has 2 aliphatic rings. The summed E-state index contributed by atoms with van der Waals surface area (Å²) < 4.78 is 50.5. The predicted molar refractivity (Wildman–Crippen MR) is 83.4 cm³/mol. The topological polar surface area (TPSA) is 56.6 Å². The summed E-state index contributed by atoms with van der Waals surface area (Å²) in [6.07, 6.45) is -3.68. The first-order valence-electron chi connectivity index (χ1n) is 8.17. The van der Waals surface area contributed by atoms with E-state index >= 15 is 0 Å². The molecule has 1 amide bonds. The maximum absolute atomic E-state index is 12.7. The van der Waals surface area contributed by atoms with Crippen molar-refractivity contribution in [3.05, 3.63) is 47.8 Å². The van der Waals surface area contributed by atoms with E-state index in [-0.39, 0.29) is 31.2 Å². The number of benzene rings is 1. The number of hydrogen-bond acceptors (Lipinski definition) is 4. The number of carbonyl (C=O) groups excluding carboxylic acids is 1. The summed E-state index contributed by atoms with van der Waals surface area (Å²) in [5.74, 6) is 0.410. The number of alkyl halides is 3. The third-order valence-electron chi connectivity index (χ3n) is 4.56. The van der Waals surface area contributed by atoms with Crippen LogP contribution in [0, 0.1) is 0 Å². The van der Waals surface area contributed by atoms with Crippen molar-refractivity contribution in [2.75, 3.05) is 19.8 Å². The first-order valence-corrected chi connectivity index (χ1v) is 8.17. The Balaban J connectivity index is 1.51. The molecule has 0 bridgehead atoms. The van der Waals surface area contributed by atoms with Crippen molar-refractivity contribution in [1.29, 1.82) is 0 Å². The highest BCUT2D eigenvalue weighted by atomic mass is 19.4. The van der Waals surface area contributed by atoms with E-state index in [0.29, 0.717) is 13.2 Å². The Bertz CT molecular complexity index is 821. The van der Waals surface area contributed by atoms with Crippen LogP contribution < -0.4 is 4.74 Å². The number of halogens is 3. The van der Waals surface area contributed by atoms with Crippen molar-refractivity contribution in [2.45, 2.75) is 24.9 Å². The van der Waals surface area contributed by atoms with Crippen molar-refractivity contribution < 1.29 is 27.4 Å². The molecule has 1 saturated heterocycles. The standard InChI is InChI=1S/C17H16F3N3O3/c18-17(19,20)14-5-6-22(21-14)9-15(24)23-7-8-25-16-11-3-1-2-4-13(11)26-10-12(16)23/h1-6,12,16H,7-10H2. The molecule has 4 rings (SSSR count). The van der Waals surface area contributed by atoms with Gasteiger partial charge in [0.25, 0.3) is 0 Å². The lowest BCUT2D eigenvalue weighted by Gasteiger charge is -2.44. The van der Waals surface area contributed by atoms with Gasteiger partial charge in [-0.25, -0.2) is 0 Å². The Hall–Kier alpha value is -2.55. The minimum absolute atomic E-state index is 0.263. The van der Waals surface area contributed by atoms with E-state index in [1.807, 2.05) is 24.3 Å². The predicted octanol–water partition coefficient (Wildman–Crippen LogP) is 2.26. The van der Waals surface area contributed by atoms with Gasteiger partial charge in [-0.2, -0.15) is 18.3 Å². The Morgan fingerprint density at radius 1 is 1.27 bits per heavy atom. The summed E-state index contributed by atoms with van der Waals surface area (Å²) in [6.45, 7) is 0.731. The van der Waals surface area contributed by atoms with Crippen LogP contribution in [0.1, 0.15) is 17.4 Å². The van der Waals surface area contributed by atoms with E-state index in [2.05, 4.69) is 5.10 Å². The molecule has 0 N–H and O–H groups in total. The molecule has 26 heavy (non-hydrogen) atoms. The van der Waals surface area contributed by atoms with Gasteiger partial charge in [0.05, 0.1) is 12.6 Å². The smallest absolute Gasteiger partial charge is 0.435 e. The molecular weight excluding hydrogens is 351 g/mol. The number of nitrogens with zero attached hydrogens (tertiary/aromatic N) is 3. The number of hydrogen-bond donors (Lipinski definition) is 0. The van der Waals surface area contributed by atoms with Crippen LogP contribution in [0.2, 0.25) is 0 Å². The van der Waals surface area contributed by atoms with E-state index in [4.69, 9.17) is 9.47 Å². The lowest BCUT2D eigenvalue weighted by atomic mass is 9.96. The molecule has 1 aromatic heterocycles. The van der Waals surface area contributed by atoms with Crippen LogP contribution in [0.3, 0.4) is 0 Å². The first kappa shape index (κ1) is 16.9. The van der Waals surface area contributed by atoms with Crippen LogP contribution in [0.15, 0.2) is 36.5 Å². The minimum atomic E-state index is -4.53. The van der Waals surface area contributed by atoms with Gasteiger partial charge in [0.1, 0.15) is 25.0 Å². The molecule has 138 valence electrons. The number of fused-ring (bicyclic) bond motifs is 3. The van der Waals surface area contributed by atoms with Gasteiger partial charge in [-0.05, 0) is 12.1 Å². The Morgan fingerprint density at radius 3 is 2.85 bits per heavy atom. The average molecular weight is 367 g/mol. The van der Waals surface area contributed by atoms with Crippen molar-refractivity contribution in [2.24, 2.45) is 0 Å². The van der Waals surface area contributed by atoms with Crippen molar-refractivity contribution in [3.8, 4) is 5.75 Å². The van der Waals surface area contributed by atoms with Crippen LogP contribution in [-0.2, 0) is 22.3 Å². The quantitative estimate of drug-likeness (QED) is 0.817. The molecule has 0 radical (unpaired) electrons. The number of amides is 1. The molecule has 2 aromatic rings. The first-order chi connectivity index (χ1) is 12.4. The second kappa shape index (κ2) is 6.31. The summed E-state index contributed by atoms with van der Waals surface area (Å²) in [4.78, 5) is 14.3. The van der Waals surface area contributed by atoms with Gasteiger partial charge >= 0.3 is 6.18 Å². The number of rotatable bonds is 2. The Labute approximate surface area is 147 Å². The fourth-order valence-electron chi connectivity index (χ4n) is 3.35. The van der Waals surface area contributed by atoms with Crippen LogP contribution in [-0.4, -0.2) is 46.4 Å². The molecule has 0 saturated carbocycles. The maximum Gasteiger partial charge on any atom is 0.435 e. The lowest BCUT2D eigenvalue weighted by molar-refractivity contribution is -0.152. The van der Waals surface area contributed by atoms with Gasteiger partial charge in [0, 0.05) is 18.3 Å². The van der Waals surface area contributed by atoms with E-state index in [0.717, 1.165) is 28.3 Å². The molecule has 9 heteroatoms. The molecule has 1 aromatic carbocycles. The number of aromatic nitrogens is 2. The molecule has 0 aliphatic carbocycles. The zero-order valence-corrected chi connectivity index (χ0v) is 13.6. The molecule has 0 spiro atoms. The van der Waals surface area contributed by atoms with E-state index in [1.54, 1.807) is 4.90 Å². The van der Waals surface area contributed by atoms with Gasteiger partial charge in [-0.15, -0.1) is 0 Å². The highest BCUT2D eigenvalue weighted by Gasteiger charge is 2.41. The maximum atomic E-state index is 12.7. The van der Waals surface area contributed by atoms with Crippen molar-refractivity contribution in [3.63, 3.8) is 0 Å². The average Bonchev–Trinajstić information content (AvgIpc) is 3.10. The second-order valence-corrected chi connectivity index (χ2v) is 6.19. The van der Waals surface area contributed by atoms with Gasteiger partial charge in [0.15, 0.2) is 5.69 Å². The molecule has 6 nitrogen and oxygen atoms in total. The molecule has 2 atom stereocenters. The number of carbonyl (C=O) groups is 1. The van der Waals surface area contributed by atoms with Crippen molar-refractivity contribution >= 4 is 5.91 Å². The van der Waals surface area contributed by atoms with Crippen molar-refractivity contribution in [1.82, 2.24) is 14.7 Å². The number of morpholine rings is 1. The molecule has 1 fully saturated rings. The van der Waals surface area contributed by atoms with E-state index < -0.39 is 11.9 Å². The zero-order valence-electron chi connectivity index (χ0n) is 13.6. The highest BCUT2D eigenvalue weighted by molar-refractivity contribution is 5.76. The van der Waals surface area contributed by atoms with Crippen LogP contribution in [0.5, 0.6) is 5.75 Å². The third kappa shape index (κ3) is 3.03. The van der Waals surface area contributed by atoms with Gasteiger partial charge in [0.2, 0.25) is 5.91 Å². The normalized spacial score (nSPS) is 22.3. The summed E-state index contributed by atoms with van der Waals surface area (Å²) in [7, 11) is 0. The molecule has 2 aliphatic heterocycles. The van der Waals surface area contributed by atoms with Gasteiger partial charge in [-0.1, -0.05) is 18.2 Å². The molecular formula is C17H16F3N3O3. The van der Waals surface area contributed by atoms with E-state index in [1.165, 1.54) is 0 Å². The summed E-state index contributed by atoms with van der Waals surface area (Å²) in [5.41, 5.74) is -0.139.